The highest BCUT2D eigenvalue weighted by Crippen LogP contribution is 2.35. The third-order valence-electron chi connectivity index (χ3n) is 2.68. The van der Waals surface area contributed by atoms with Gasteiger partial charge in [-0.3, -0.25) is 9.59 Å². The van der Waals surface area contributed by atoms with Crippen molar-refractivity contribution in [2.24, 2.45) is 0 Å². The second kappa shape index (κ2) is 5.30. The summed E-state index contributed by atoms with van der Waals surface area (Å²) in [6, 6.07) is -0.984. The Labute approximate surface area is 105 Å². The van der Waals surface area contributed by atoms with Gasteiger partial charge in [0.2, 0.25) is 5.91 Å². The Bertz CT molecular complexity index is 369. The zero-order valence-electron chi connectivity index (χ0n) is 10.1. The van der Waals surface area contributed by atoms with Crippen LogP contribution in [0.5, 0.6) is 0 Å². The van der Waals surface area contributed by atoms with Gasteiger partial charge in [-0.05, 0) is 13.3 Å². The van der Waals surface area contributed by atoms with E-state index in [4.69, 9.17) is 0 Å². The molecule has 0 radical (unpaired) electrons. The molecule has 1 fully saturated rings. The zero-order chi connectivity index (χ0) is 14.8. The maximum atomic E-state index is 12.7. The number of halogens is 5. The van der Waals surface area contributed by atoms with Crippen molar-refractivity contribution in [3.05, 3.63) is 0 Å². The summed E-state index contributed by atoms with van der Waals surface area (Å²) in [5.74, 6) is -8.04. The highest BCUT2D eigenvalue weighted by molar-refractivity contribution is 5.84. The van der Waals surface area contributed by atoms with Gasteiger partial charge in [-0.1, -0.05) is 0 Å². The van der Waals surface area contributed by atoms with Crippen LogP contribution in [0.25, 0.3) is 0 Å². The van der Waals surface area contributed by atoms with E-state index in [9.17, 15) is 31.5 Å². The van der Waals surface area contributed by atoms with Crippen LogP contribution < -0.4 is 5.32 Å². The quantitative estimate of drug-likeness (QED) is 0.793. The van der Waals surface area contributed by atoms with E-state index in [0.717, 1.165) is 0 Å². The molecule has 0 aromatic heterocycles. The van der Waals surface area contributed by atoms with Crippen molar-refractivity contribution in [1.29, 1.82) is 0 Å². The topological polar surface area (TPSA) is 49.4 Å². The van der Waals surface area contributed by atoms with E-state index in [1.54, 1.807) is 5.32 Å². The van der Waals surface area contributed by atoms with Crippen molar-refractivity contribution < 1.29 is 31.5 Å². The smallest absolute Gasteiger partial charge is 0.346 e. The predicted molar refractivity (Wildman–Crippen MR) is 54.4 cm³/mol. The van der Waals surface area contributed by atoms with Crippen LogP contribution in [0.15, 0.2) is 0 Å². The van der Waals surface area contributed by atoms with Gasteiger partial charge in [-0.2, -0.15) is 22.0 Å². The average Bonchev–Trinajstić information content (AvgIpc) is 2.62. The molecule has 1 aliphatic heterocycles. The summed E-state index contributed by atoms with van der Waals surface area (Å²) in [5.41, 5.74) is 0. The predicted octanol–water partition coefficient (Wildman–Crippen LogP) is 1.31. The lowest BCUT2D eigenvalue weighted by molar-refractivity contribution is -0.270. The Morgan fingerprint density at radius 2 is 1.95 bits per heavy atom. The van der Waals surface area contributed by atoms with E-state index in [0.29, 0.717) is 19.4 Å². The molecule has 2 amide bonds. The van der Waals surface area contributed by atoms with Crippen LogP contribution >= 0.6 is 0 Å². The molecule has 0 aromatic carbocycles. The van der Waals surface area contributed by atoms with Crippen LogP contribution in [0.4, 0.5) is 22.0 Å². The van der Waals surface area contributed by atoms with Crippen LogP contribution in [0.3, 0.4) is 0 Å². The van der Waals surface area contributed by atoms with Crippen molar-refractivity contribution in [3.8, 4) is 0 Å². The van der Waals surface area contributed by atoms with E-state index in [-0.39, 0.29) is 12.5 Å². The number of rotatable bonds is 4. The lowest BCUT2D eigenvalue weighted by Crippen LogP contribution is -2.54. The summed E-state index contributed by atoms with van der Waals surface area (Å²) in [4.78, 5) is 23.4. The minimum atomic E-state index is -5.93. The number of likely N-dealkylation sites (tertiary alicyclic amines) is 1. The van der Waals surface area contributed by atoms with E-state index >= 15 is 0 Å². The molecular weight excluding hydrogens is 275 g/mol. The minimum absolute atomic E-state index is 0.0848. The molecule has 19 heavy (non-hydrogen) atoms. The number of hydrogen-bond acceptors (Lipinski definition) is 2. The first-order valence-electron chi connectivity index (χ1n) is 5.59. The molecule has 1 atom stereocenters. The Balaban J connectivity index is 2.55. The molecule has 110 valence electrons. The number of carbonyl (C=O) groups is 2. The molecule has 0 aliphatic carbocycles. The third-order valence-corrected chi connectivity index (χ3v) is 2.68. The molecule has 1 N–H and O–H groups in total. The normalized spacial score (nSPS) is 18.6. The maximum absolute atomic E-state index is 12.7. The molecule has 1 heterocycles. The molecule has 0 spiro atoms. The molecular formula is C10H13F5N2O2. The molecule has 0 saturated carbocycles. The van der Waals surface area contributed by atoms with E-state index < -0.39 is 24.0 Å². The van der Waals surface area contributed by atoms with Gasteiger partial charge in [0.15, 0.2) is 0 Å². The number of amides is 2. The van der Waals surface area contributed by atoms with Gasteiger partial charge in [0, 0.05) is 25.6 Å². The van der Waals surface area contributed by atoms with Crippen LogP contribution in [0.1, 0.15) is 19.8 Å². The van der Waals surface area contributed by atoms with Crippen LogP contribution in [0.2, 0.25) is 0 Å². The minimum Gasteiger partial charge on any atom is -0.346 e. The Morgan fingerprint density at radius 1 is 1.37 bits per heavy atom. The Kier molecular flexibility index (Phi) is 4.36. The Hall–Kier alpha value is -1.41. The second-order valence-corrected chi connectivity index (χ2v) is 4.39. The number of nitrogens with one attached hydrogen (secondary N) is 1. The van der Waals surface area contributed by atoms with Crippen LogP contribution in [0, 0.1) is 0 Å². The Morgan fingerprint density at radius 3 is 2.37 bits per heavy atom. The SMILES string of the molecule is CC(CN1CCCC1=O)NC(=O)C(F)(F)C(F)(F)F. The van der Waals surface area contributed by atoms with Crippen molar-refractivity contribution >= 4 is 11.8 Å². The molecule has 0 aromatic rings. The van der Waals surface area contributed by atoms with Crippen molar-refractivity contribution in [3.63, 3.8) is 0 Å². The number of nitrogens with zero attached hydrogens (tertiary/aromatic N) is 1. The maximum Gasteiger partial charge on any atom is 0.463 e. The summed E-state index contributed by atoms with van der Waals surface area (Å²) in [7, 11) is 0. The van der Waals surface area contributed by atoms with E-state index in [1.165, 1.54) is 11.8 Å². The highest BCUT2D eigenvalue weighted by atomic mass is 19.4. The number of hydrogen-bond donors (Lipinski definition) is 1. The van der Waals surface area contributed by atoms with Gasteiger partial charge in [-0.15, -0.1) is 0 Å². The molecule has 9 heteroatoms. The first-order valence-corrected chi connectivity index (χ1v) is 5.59. The highest BCUT2D eigenvalue weighted by Gasteiger charge is 2.63. The second-order valence-electron chi connectivity index (χ2n) is 4.39. The first kappa shape index (κ1) is 15.6. The van der Waals surface area contributed by atoms with Crippen LogP contribution in [-0.2, 0) is 9.59 Å². The largest absolute Gasteiger partial charge is 0.463 e. The zero-order valence-corrected chi connectivity index (χ0v) is 10.1. The summed E-state index contributed by atoms with van der Waals surface area (Å²) < 4.78 is 61.1. The van der Waals surface area contributed by atoms with Crippen molar-refractivity contribution in [1.82, 2.24) is 10.2 Å². The van der Waals surface area contributed by atoms with Crippen LogP contribution in [-0.4, -0.2) is 47.9 Å². The van der Waals surface area contributed by atoms with Gasteiger partial charge in [0.1, 0.15) is 0 Å². The number of alkyl halides is 5. The monoisotopic (exact) mass is 288 g/mol. The average molecular weight is 288 g/mol. The van der Waals surface area contributed by atoms with Gasteiger partial charge in [0.25, 0.3) is 0 Å². The fourth-order valence-electron chi connectivity index (χ4n) is 1.72. The fourth-order valence-corrected chi connectivity index (χ4v) is 1.72. The third kappa shape index (κ3) is 3.54. The summed E-state index contributed by atoms with van der Waals surface area (Å²) in [5, 5.41) is 1.57. The van der Waals surface area contributed by atoms with Gasteiger partial charge in [0.05, 0.1) is 0 Å². The van der Waals surface area contributed by atoms with Crippen molar-refractivity contribution in [2.75, 3.05) is 13.1 Å². The standard InChI is InChI=1S/C10H13F5N2O2/c1-6(5-17-4-2-3-7(17)18)16-8(19)9(11,12)10(13,14)15/h6H,2-5H2,1H3,(H,16,19). The number of carbonyl (C=O) groups excluding carboxylic acids is 2. The molecule has 4 nitrogen and oxygen atoms in total. The molecule has 1 unspecified atom stereocenters. The summed E-state index contributed by atoms with van der Waals surface area (Å²) in [6.45, 7) is 1.59. The molecule has 1 aliphatic rings. The fraction of sp³-hybridized carbons (Fsp3) is 0.800. The summed E-state index contributed by atoms with van der Waals surface area (Å²) in [6.07, 6.45) is -5.00. The lowest BCUT2D eigenvalue weighted by atomic mass is 10.2. The van der Waals surface area contributed by atoms with Gasteiger partial charge < -0.3 is 10.2 Å². The van der Waals surface area contributed by atoms with E-state index in [1.807, 2.05) is 0 Å². The van der Waals surface area contributed by atoms with Crippen molar-refractivity contribution in [2.45, 2.75) is 37.9 Å². The molecule has 1 rings (SSSR count). The lowest BCUT2D eigenvalue weighted by Gasteiger charge is -2.24. The van der Waals surface area contributed by atoms with Gasteiger partial charge >= 0.3 is 18.0 Å². The molecule has 0 bridgehead atoms. The van der Waals surface area contributed by atoms with E-state index in [2.05, 4.69) is 0 Å². The van der Waals surface area contributed by atoms with Gasteiger partial charge in [-0.25, -0.2) is 0 Å². The summed E-state index contributed by atoms with van der Waals surface area (Å²) >= 11 is 0. The first-order chi connectivity index (χ1) is 8.55. The molecule has 1 saturated heterocycles.